The number of rotatable bonds is 4. The van der Waals surface area contributed by atoms with Gasteiger partial charge in [0.15, 0.2) is 0 Å². The molecule has 1 amide bonds. The van der Waals surface area contributed by atoms with E-state index in [9.17, 15) is 4.79 Å². The van der Waals surface area contributed by atoms with Gasteiger partial charge in [0.2, 0.25) is 11.8 Å². The van der Waals surface area contributed by atoms with Crippen LogP contribution in [0.4, 0.5) is 0 Å². The fraction of sp³-hybridized carbons (Fsp3) is 0.636. The Balaban J connectivity index is 1.78. The van der Waals surface area contributed by atoms with Crippen molar-refractivity contribution in [2.45, 2.75) is 25.9 Å². The molecule has 0 aromatic carbocycles. The zero-order valence-electron chi connectivity index (χ0n) is 9.86. The van der Waals surface area contributed by atoms with Crippen molar-refractivity contribution in [1.82, 2.24) is 15.6 Å². The summed E-state index contributed by atoms with van der Waals surface area (Å²) in [7, 11) is 0. The van der Waals surface area contributed by atoms with Crippen LogP contribution >= 0.6 is 11.8 Å². The van der Waals surface area contributed by atoms with Crippen LogP contribution in [-0.2, 0) is 17.8 Å². The summed E-state index contributed by atoms with van der Waals surface area (Å²) >= 11 is 1.80. The second kappa shape index (κ2) is 6.07. The van der Waals surface area contributed by atoms with Gasteiger partial charge in [0.05, 0.1) is 18.8 Å². The molecule has 1 unspecified atom stereocenters. The van der Waals surface area contributed by atoms with Crippen LogP contribution in [0.25, 0.3) is 0 Å². The van der Waals surface area contributed by atoms with E-state index in [0.717, 1.165) is 30.2 Å². The van der Waals surface area contributed by atoms with E-state index in [1.54, 1.807) is 18.0 Å². The minimum absolute atomic E-state index is 0.0217. The van der Waals surface area contributed by atoms with Gasteiger partial charge in [-0.3, -0.25) is 4.79 Å². The second-order valence-corrected chi connectivity index (χ2v) is 5.02. The van der Waals surface area contributed by atoms with Crippen molar-refractivity contribution in [2.24, 2.45) is 0 Å². The number of carbonyl (C=O) groups excluding carboxylic acids is 1. The Kier molecular flexibility index (Phi) is 4.44. The SMILES string of the molecule is CCc1cnc(CNC(=O)C2CSCCN2)o1. The van der Waals surface area contributed by atoms with Gasteiger partial charge in [0.1, 0.15) is 5.76 Å². The number of oxazole rings is 1. The van der Waals surface area contributed by atoms with Crippen molar-refractivity contribution in [1.29, 1.82) is 0 Å². The standard InChI is InChI=1S/C11H17N3O2S/c1-2-8-5-13-10(16-8)6-14-11(15)9-7-17-4-3-12-9/h5,9,12H,2-4,6-7H2,1H3,(H,14,15). The molecule has 94 valence electrons. The second-order valence-electron chi connectivity index (χ2n) is 3.87. The fourth-order valence-electron chi connectivity index (χ4n) is 1.61. The van der Waals surface area contributed by atoms with Gasteiger partial charge in [-0.1, -0.05) is 6.92 Å². The average molecular weight is 255 g/mol. The Hall–Kier alpha value is -1.01. The Morgan fingerprint density at radius 3 is 3.29 bits per heavy atom. The van der Waals surface area contributed by atoms with Gasteiger partial charge >= 0.3 is 0 Å². The van der Waals surface area contributed by atoms with Crippen LogP contribution in [0, 0.1) is 0 Å². The minimum Gasteiger partial charge on any atom is -0.444 e. The number of amides is 1. The van der Waals surface area contributed by atoms with Gasteiger partial charge in [-0.05, 0) is 0 Å². The molecule has 1 aromatic heterocycles. The van der Waals surface area contributed by atoms with Crippen LogP contribution in [0.3, 0.4) is 0 Å². The molecular weight excluding hydrogens is 238 g/mol. The van der Waals surface area contributed by atoms with Gasteiger partial charge in [0.25, 0.3) is 0 Å². The van der Waals surface area contributed by atoms with E-state index in [-0.39, 0.29) is 11.9 Å². The van der Waals surface area contributed by atoms with E-state index in [0.29, 0.717) is 12.4 Å². The molecule has 1 atom stereocenters. The molecule has 0 saturated carbocycles. The van der Waals surface area contributed by atoms with Crippen LogP contribution in [0.2, 0.25) is 0 Å². The van der Waals surface area contributed by atoms with E-state index in [4.69, 9.17) is 4.42 Å². The van der Waals surface area contributed by atoms with E-state index >= 15 is 0 Å². The van der Waals surface area contributed by atoms with Gasteiger partial charge < -0.3 is 15.1 Å². The predicted octanol–water partition coefficient (Wildman–Crippen LogP) is 0.558. The lowest BCUT2D eigenvalue weighted by molar-refractivity contribution is -0.122. The summed E-state index contributed by atoms with van der Waals surface area (Å²) in [6.45, 7) is 3.26. The predicted molar refractivity (Wildman–Crippen MR) is 66.8 cm³/mol. The van der Waals surface area contributed by atoms with Crippen LogP contribution in [0.1, 0.15) is 18.6 Å². The lowest BCUT2D eigenvalue weighted by atomic mass is 10.3. The monoisotopic (exact) mass is 255 g/mol. The summed E-state index contributed by atoms with van der Waals surface area (Å²) in [6, 6.07) is -0.0886. The van der Waals surface area contributed by atoms with E-state index < -0.39 is 0 Å². The van der Waals surface area contributed by atoms with E-state index in [1.807, 2.05) is 6.92 Å². The summed E-state index contributed by atoms with van der Waals surface area (Å²) in [5, 5.41) is 6.02. The summed E-state index contributed by atoms with van der Waals surface area (Å²) < 4.78 is 5.42. The topological polar surface area (TPSA) is 67.2 Å². The smallest absolute Gasteiger partial charge is 0.238 e. The maximum atomic E-state index is 11.8. The zero-order valence-corrected chi connectivity index (χ0v) is 10.7. The van der Waals surface area contributed by atoms with Crippen molar-refractivity contribution in [3.63, 3.8) is 0 Å². The van der Waals surface area contributed by atoms with E-state index in [2.05, 4.69) is 15.6 Å². The van der Waals surface area contributed by atoms with Gasteiger partial charge in [-0.2, -0.15) is 11.8 Å². The molecule has 0 bridgehead atoms. The van der Waals surface area contributed by atoms with Crippen molar-refractivity contribution in [2.75, 3.05) is 18.1 Å². The quantitative estimate of drug-likeness (QED) is 0.823. The number of aryl methyl sites for hydroxylation is 1. The average Bonchev–Trinajstić information content (AvgIpc) is 2.85. The van der Waals surface area contributed by atoms with E-state index in [1.165, 1.54) is 0 Å². The number of hydrogen-bond acceptors (Lipinski definition) is 5. The van der Waals surface area contributed by atoms with Crippen LogP contribution < -0.4 is 10.6 Å². The molecule has 1 fully saturated rings. The molecule has 6 heteroatoms. The summed E-state index contributed by atoms with van der Waals surface area (Å²) in [6.07, 6.45) is 2.53. The van der Waals surface area contributed by atoms with Crippen molar-refractivity contribution < 1.29 is 9.21 Å². The molecular formula is C11H17N3O2S. The maximum Gasteiger partial charge on any atom is 0.238 e. The normalized spacial score (nSPS) is 20.2. The molecule has 2 rings (SSSR count). The Morgan fingerprint density at radius 2 is 2.65 bits per heavy atom. The molecule has 0 spiro atoms. The third-order valence-electron chi connectivity index (χ3n) is 2.60. The number of hydrogen-bond donors (Lipinski definition) is 2. The molecule has 2 N–H and O–H groups in total. The largest absolute Gasteiger partial charge is 0.444 e. The highest BCUT2D eigenvalue weighted by atomic mass is 32.2. The molecule has 5 nitrogen and oxygen atoms in total. The number of carbonyl (C=O) groups is 1. The first-order valence-electron chi connectivity index (χ1n) is 5.82. The maximum absolute atomic E-state index is 11.8. The Labute approximate surface area is 105 Å². The lowest BCUT2D eigenvalue weighted by Crippen LogP contribution is -2.48. The van der Waals surface area contributed by atoms with Crippen molar-refractivity contribution in [3.05, 3.63) is 17.8 Å². The lowest BCUT2D eigenvalue weighted by Gasteiger charge is -2.21. The van der Waals surface area contributed by atoms with Crippen LogP contribution in [-0.4, -0.2) is 35.0 Å². The van der Waals surface area contributed by atoms with Gasteiger partial charge in [0, 0.05) is 24.5 Å². The number of thioether (sulfide) groups is 1. The third kappa shape index (κ3) is 3.47. The Morgan fingerprint density at radius 1 is 1.76 bits per heavy atom. The molecule has 0 aliphatic carbocycles. The minimum atomic E-state index is -0.0886. The summed E-state index contributed by atoms with van der Waals surface area (Å²) in [4.78, 5) is 15.9. The van der Waals surface area contributed by atoms with Gasteiger partial charge in [-0.25, -0.2) is 4.98 Å². The molecule has 1 saturated heterocycles. The summed E-state index contributed by atoms with van der Waals surface area (Å²) in [5.74, 6) is 3.34. The molecule has 1 aliphatic heterocycles. The zero-order chi connectivity index (χ0) is 12.1. The summed E-state index contributed by atoms with van der Waals surface area (Å²) in [5.41, 5.74) is 0. The van der Waals surface area contributed by atoms with Crippen LogP contribution in [0.5, 0.6) is 0 Å². The number of aromatic nitrogens is 1. The molecule has 2 heterocycles. The van der Waals surface area contributed by atoms with Gasteiger partial charge in [-0.15, -0.1) is 0 Å². The first kappa shape index (κ1) is 12.4. The highest BCUT2D eigenvalue weighted by Gasteiger charge is 2.20. The van der Waals surface area contributed by atoms with Crippen LogP contribution in [0.15, 0.2) is 10.6 Å². The first-order chi connectivity index (χ1) is 8.29. The molecule has 17 heavy (non-hydrogen) atoms. The number of nitrogens with one attached hydrogen (secondary N) is 2. The molecule has 1 aliphatic rings. The highest BCUT2D eigenvalue weighted by molar-refractivity contribution is 7.99. The Bertz CT molecular complexity index is 375. The molecule has 0 radical (unpaired) electrons. The van der Waals surface area contributed by atoms with Crippen molar-refractivity contribution >= 4 is 17.7 Å². The van der Waals surface area contributed by atoms with Crippen molar-refractivity contribution in [3.8, 4) is 0 Å². The third-order valence-corrected chi connectivity index (χ3v) is 3.66. The fourth-order valence-corrected chi connectivity index (χ4v) is 2.55. The molecule has 1 aromatic rings. The first-order valence-corrected chi connectivity index (χ1v) is 6.97. The number of nitrogens with zero attached hydrogens (tertiary/aromatic N) is 1. The highest BCUT2D eigenvalue weighted by Crippen LogP contribution is 2.08.